The molecule has 2 heteroatoms. The molecule has 0 radical (unpaired) electrons. The molecule has 3 fully saturated rings. The average molecular weight is 218 g/mol. The highest BCUT2D eigenvalue weighted by Crippen LogP contribution is 2.71. The summed E-state index contributed by atoms with van der Waals surface area (Å²) in [7, 11) is 0. The van der Waals surface area contributed by atoms with Gasteiger partial charge in [0.05, 0.1) is 12.2 Å². The largest absolute Gasteiger partial charge is 0.390 e. The lowest BCUT2D eigenvalue weighted by Crippen LogP contribution is -2.31. The Labute approximate surface area is 95.4 Å². The summed E-state index contributed by atoms with van der Waals surface area (Å²) >= 11 is 0. The minimum absolute atomic E-state index is 0.402. The fourth-order valence-corrected chi connectivity index (χ4v) is 6.21. The van der Waals surface area contributed by atoms with Crippen LogP contribution in [0.5, 0.6) is 0 Å². The molecule has 5 aliphatic carbocycles. The van der Waals surface area contributed by atoms with E-state index in [0.29, 0.717) is 23.7 Å². The van der Waals surface area contributed by atoms with Gasteiger partial charge in [0.2, 0.25) is 0 Å². The molecule has 0 aromatic rings. The fourth-order valence-electron chi connectivity index (χ4n) is 6.21. The summed E-state index contributed by atoms with van der Waals surface area (Å²) in [5, 5.41) is 20.4. The molecule has 8 atom stereocenters. The van der Waals surface area contributed by atoms with Crippen molar-refractivity contribution in [3.05, 3.63) is 11.1 Å². The van der Waals surface area contributed by atoms with Crippen molar-refractivity contribution in [2.45, 2.75) is 37.9 Å². The predicted molar refractivity (Wildman–Crippen MR) is 58.4 cm³/mol. The van der Waals surface area contributed by atoms with Crippen molar-refractivity contribution < 1.29 is 10.2 Å². The van der Waals surface area contributed by atoms with Crippen molar-refractivity contribution in [3.63, 3.8) is 0 Å². The van der Waals surface area contributed by atoms with Crippen molar-refractivity contribution in [3.8, 4) is 0 Å². The highest BCUT2D eigenvalue weighted by atomic mass is 16.3. The second-order valence-corrected chi connectivity index (χ2v) is 6.71. The highest BCUT2D eigenvalue weighted by Gasteiger charge is 2.66. The standard InChI is InChI=1S/C14H18O2/c15-13-8-4-6-3-5-1-2-7-9(5)10(6)11(8)12(7)14(13)16/h5-8,11-16H,1-4H2. The Morgan fingerprint density at radius 2 is 1.75 bits per heavy atom. The third-order valence-electron chi connectivity index (χ3n) is 6.45. The number of allylic oxidation sites excluding steroid dienone is 2. The van der Waals surface area contributed by atoms with Gasteiger partial charge >= 0.3 is 0 Å². The summed E-state index contributed by atoms with van der Waals surface area (Å²) in [6, 6.07) is 0. The molecule has 16 heavy (non-hydrogen) atoms. The van der Waals surface area contributed by atoms with E-state index in [1.165, 1.54) is 25.7 Å². The van der Waals surface area contributed by atoms with Crippen LogP contribution in [0.3, 0.4) is 0 Å². The molecule has 5 rings (SSSR count). The zero-order valence-electron chi connectivity index (χ0n) is 9.34. The zero-order valence-corrected chi connectivity index (χ0v) is 9.34. The van der Waals surface area contributed by atoms with E-state index in [4.69, 9.17) is 0 Å². The highest BCUT2D eigenvalue weighted by molar-refractivity contribution is 5.44. The summed E-state index contributed by atoms with van der Waals surface area (Å²) in [4.78, 5) is 0. The first-order valence-electron chi connectivity index (χ1n) is 6.87. The molecular formula is C14H18O2. The topological polar surface area (TPSA) is 40.5 Å². The van der Waals surface area contributed by atoms with Crippen LogP contribution in [-0.2, 0) is 0 Å². The first-order valence-corrected chi connectivity index (χ1v) is 6.87. The lowest BCUT2D eigenvalue weighted by molar-refractivity contribution is -0.00578. The van der Waals surface area contributed by atoms with Gasteiger partial charge in [-0.05, 0) is 55.3 Å². The van der Waals surface area contributed by atoms with Crippen LogP contribution >= 0.6 is 0 Å². The smallest absolute Gasteiger partial charge is 0.0841 e. The summed E-state index contributed by atoms with van der Waals surface area (Å²) in [6.45, 7) is 0. The van der Waals surface area contributed by atoms with Gasteiger partial charge in [0.15, 0.2) is 0 Å². The Morgan fingerprint density at radius 1 is 0.875 bits per heavy atom. The van der Waals surface area contributed by atoms with E-state index < -0.39 is 12.2 Å². The fraction of sp³-hybridized carbons (Fsp3) is 0.857. The molecule has 0 aliphatic heterocycles. The van der Waals surface area contributed by atoms with Gasteiger partial charge in [-0.2, -0.15) is 0 Å². The van der Waals surface area contributed by atoms with Gasteiger partial charge in [0, 0.05) is 5.92 Å². The van der Waals surface area contributed by atoms with Crippen molar-refractivity contribution in [1.82, 2.24) is 0 Å². The van der Waals surface area contributed by atoms with Crippen LogP contribution in [0.2, 0.25) is 0 Å². The molecule has 0 spiro atoms. The predicted octanol–water partition coefficient (Wildman–Crippen LogP) is 1.33. The van der Waals surface area contributed by atoms with Gasteiger partial charge < -0.3 is 10.2 Å². The Balaban J connectivity index is 1.74. The minimum atomic E-state index is -0.426. The molecule has 2 nitrogen and oxygen atoms in total. The van der Waals surface area contributed by atoms with Crippen molar-refractivity contribution in [1.29, 1.82) is 0 Å². The SMILES string of the molecule is OC1C(O)C2C3CCC4CC5CC1C2C5=C43. The maximum Gasteiger partial charge on any atom is 0.0841 e. The number of aliphatic hydroxyl groups is 2. The molecule has 2 N–H and O–H groups in total. The van der Waals surface area contributed by atoms with Gasteiger partial charge in [-0.3, -0.25) is 0 Å². The third-order valence-corrected chi connectivity index (χ3v) is 6.45. The van der Waals surface area contributed by atoms with Crippen molar-refractivity contribution in [2.75, 3.05) is 0 Å². The second-order valence-electron chi connectivity index (χ2n) is 6.71. The van der Waals surface area contributed by atoms with E-state index in [-0.39, 0.29) is 0 Å². The van der Waals surface area contributed by atoms with E-state index in [1.807, 2.05) is 0 Å². The lowest BCUT2D eigenvalue weighted by Gasteiger charge is -2.23. The Bertz CT molecular complexity index is 413. The minimum Gasteiger partial charge on any atom is -0.390 e. The van der Waals surface area contributed by atoms with E-state index in [9.17, 15) is 10.2 Å². The number of fused-ring (bicyclic) bond motifs is 1. The number of rotatable bonds is 0. The summed E-state index contributed by atoms with van der Waals surface area (Å²) < 4.78 is 0. The first-order chi connectivity index (χ1) is 7.77. The van der Waals surface area contributed by atoms with Gasteiger partial charge in [0.1, 0.15) is 0 Å². The maximum absolute atomic E-state index is 10.3. The van der Waals surface area contributed by atoms with Gasteiger partial charge in [-0.15, -0.1) is 0 Å². The molecule has 0 heterocycles. The molecule has 0 bridgehead atoms. The number of hydrogen-bond donors (Lipinski definition) is 2. The molecule has 0 aromatic heterocycles. The summed E-state index contributed by atoms with van der Waals surface area (Å²) in [5.74, 6) is 3.72. The van der Waals surface area contributed by atoms with E-state index in [2.05, 4.69) is 0 Å². The first kappa shape index (κ1) is 8.71. The van der Waals surface area contributed by atoms with E-state index in [0.717, 1.165) is 11.8 Å². The Kier molecular flexibility index (Phi) is 1.31. The van der Waals surface area contributed by atoms with Gasteiger partial charge in [-0.1, -0.05) is 11.1 Å². The number of hydrogen-bond acceptors (Lipinski definition) is 2. The summed E-state index contributed by atoms with van der Waals surface area (Å²) in [5.41, 5.74) is 3.51. The molecule has 86 valence electrons. The monoisotopic (exact) mass is 218 g/mol. The van der Waals surface area contributed by atoms with Crippen LogP contribution in [0.15, 0.2) is 11.1 Å². The quantitative estimate of drug-likeness (QED) is 0.602. The van der Waals surface area contributed by atoms with Crippen LogP contribution in [0.25, 0.3) is 0 Å². The molecule has 3 saturated carbocycles. The molecule has 0 amide bonds. The normalized spacial score (nSPS) is 64.9. The van der Waals surface area contributed by atoms with Crippen LogP contribution in [0.4, 0.5) is 0 Å². The van der Waals surface area contributed by atoms with Crippen LogP contribution in [-0.4, -0.2) is 22.4 Å². The van der Waals surface area contributed by atoms with Gasteiger partial charge in [0.25, 0.3) is 0 Å². The van der Waals surface area contributed by atoms with Crippen LogP contribution in [0.1, 0.15) is 25.7 Å². The van der Waals surface area contributed by atoms with E-state index >= 15 is 0 Å². The van der Waals surface area contributed by atoms with E-state index in [1.54, 1.807) is 11.1 Å². The summed E-state index contributed by atoms with van der Waals surface area (Å²) in [6.07, 6.45) is 4.34. The Morgan fingerprint density at radius 3 is 2.62 bits per heavy atom. The van der Waals surface area contributed by atoms with Crippen LogP contribution < -0.4 is 0 Å². The molecule has 0 saturated heterocycles. The van der Waals surface area contributed by atoms with Crippen molar-refractivity contribution in [2.24, 2.45) is 35.5 Å². The van der Waals surface area contributed by atoms with Crippen molar-refractivity contribution >= 4 is 0 Å². The Hall–Kier alpha value is -0.340. The second kappa shape index (κ2) is 2.41. The lowest BCUT2D eigenvalue weighted by atomic mass is 9.85. The average Bonchev–Trinajstić information content (AvgIpc) is 2.95. The number of aliphatic hydroxyl groups excluding tert-OH is 2. The third kappa shape index (κ3) is 0.682. The molecule has 8 unspecified atom stereocenters. The zero-order chi connectivity index (χ0) is 10.6. The van der Waals surface area contributed by atoms with Crippen LogP contribution in [0, 0.1) is 35.5 Å². The maximum atomic E-state index is 10.3. The molecule has 0 aromatic carbocycles. The van der Waals surface area contributed by atoms with Gasteiger partial charge in [-0.25, -0.2) is 0 Å². The molecule has 5 aliphatic rings. The molecular weight excluding hydrogens is 200 g/mol.